The zero-order valence-electron chi connectivity index (χ0n) is 7.59. The van der Waals surface area contributed by atoms with E-state index in [0.717, 1.165) is 15.6 Å². The van der Waals surface area contributed by atoms with Gasteiger partial charge in [-0.05, 0) is 30.5 Å². The minimum atomic E-state index is 0.493. The molecule has 1 fully saturated rings. The fourth-order valence-electron chi connectivity index (χ4n) is 1.55. The lowest BCUT2D eigenvalue weighted by Gasteiger charge is -2.38. The number of aromatic nitrogens is 2. The third-order valence-corrected chi connectivity index (χ3v) is 3.71. The topological polar surface area (TPSA) is 40.7 Å². The van der Waals surface area contributed by atoms with Gasteiger partial charge in [0.25, 0.3) is 0 Å². The van der Waals surface area contributed by atoms with Crippen molar-refractivity contribution in [2.75, 3.05) is 11.9 Å². The van der Waals surface area contributed by atoms with Crippen LogP contribution >= 0.6 is 23.6 Å². The van der Waals surface area contributed by atoms with Gasteiger partial charge in [-0.3, -0.25) is 5.10 Å². The van der Waals surface area contributed by atoms with E-state index in [1.54, 1.807) is 0 Å². The number of H-pyrrole nitrogens is 1. The maximum absolute atomic E-state index is 4.94. The summed E-state index contributed by atoms with van der Waals surface area (Å²) in [5.41, 5.74) is 0.493. The molecule has 0 spiro atoms. The smallest absolute Gasteiger partial charge is 0.204 e. The minimum Gasteiger partial charge on any atom is -0.360 e. The van der Waals surface area contributed by atoms with Gasteiger partial charge in [-0.25, -0.2) is 0 Å². The van der Waals surface area contributed by atoms with E-state index in [-0.39, 0.29) is 0 Å². The molecule has 0 saturated heterocycles. The molecule has 3 nitrogen and oxygen atoms in total. The quantitative estimate of drug-likeness (QED) is 0.762. The molecule has 0 radical (unpaired) electrons. The van der Waals surface area contributed by atoms with Crippen LogP contribution in [0, 0.1) is 9.37 Å². The molecule has 2 N–H and O–H groups in total. The number of hydrogen-bond acceptors (Lipinski definition) is 4. The number of nitrogens with one attached hydrogen (secondary N) is 2. The van der Waals surface area contributed by atoms with Crippen LogP contribution in [0.2, 0.25) is 0 Å². The van der Waals surface area contributed by atoms with Crippen molar-refractivity contribution >= 4 is 28.7 Å². The summed E-state index contributed by atoms with van der Waals surface area (Å²) < 4.78 is 0.737. The predicted molar refractivity (Wildman–Crippen MR) is 57.7 cm³/mol. The molecule has 1 aliphatic rings. The van der Waals surface area contributed by atoms with E-state index in [2.05, 4.69) is 22.4 Å². The van der Waals surface area contributed by atoms with Crippen molar-refractivity contribution in [3.05, 3.63) is 3.95 Å². The van der Waals surface area contributed by atoms with Crippen molar-refractivity contribution in [2.24, 2.45) is 5.41 Å². The van der Waals surface area contributed by atoms with Crippen molar-refractivity contribution < 1.29 is 0 Å². The van der Waals surface area contributed by atoms with Gasteiger partial charge in [0.1, 0.15) is 0 Å². The van der Waals surface area contributed by atoms with Crippen molar-refractivity contribution in [3.63, 3.8) is 0 Å². The first-order chi connectivity index (χ1) is 6.18. The Morgan fingerprint density at radius 3 is 2.92 bits per heavy atom. The van der Waals surface area contributed by atoms with Crippen LogP contribution in [0.1, 0.15) is 26.2 Å². The van der Waals surface area contributed by atoms with Crippen LogP contribution in [0.25, 0.3) is 0 Å². The normalized spacial score (nSPS) is 19.5. The fourth-order valence-corrected chi connectivity index (χ4v) is 2.34. The molecule has 1 aromatic rings. The van der Waals surface area contributed by atoms with Crippen LogP contribution in [0.4, 0.5) is 5.13 Å². The standard InChI is InChI=1S/C8H13N3S2/c1-8(3-2-4-8)5-9-6-10-11-7(12)13-6/h2-5H2,1H3,(H,9,10)(H,11,12). The van der Waals surface area contributed by atoms with E-state index in [0.29, 0.717) is 5.41 Å². The van der Waals surface area contributed by atoms with E-state index < -0.39 is 0 Å². The summed E-state index contributed by atoms with van der Waals surface area (Å²) >= 11 is 6.44. The van der Waals surface area contributed by atoms with Gasteiger partial charge in [-0.15, -0.1) is 5.10 Å². The highest BCUT2D eigenvalue weighted by molar-refractivity contribution is 7.73. The Balaban J connectivity index is 1.89. The van der Waals surface area contributed by atoms with Gasteiger partial charge in [0.15, 0.2) is 3.95 Å². The van der Waals surface area contributed by atoms with Crippen LogP contribution in [0.5, 0.6) is 0 Å². The Bertz CT molecular complexity index is 337. The maximum Gasteiger partial charge on any atom is 0.204 e. The van der Waals surface area contributed by atoms with Gasteiger partial charge < -0.3 is 5.32 Å². The Kier molecular flexibility index (Phi) is 2.38. The number of anilines is 1. The molecule has 0 amide bonds. The molecule has 0 unspecified atom stereocenters. The second-order valence-electron chi connectivity index (χ2n) is 3.94. The van der Waals surface area contributed by atoms with E-state index in [1.165, 1.54) is 30.6 Å². The lowest BCUT2D eigenvalue weighted by molar-refractivity contribution is 0.180. The molecule has 1 heterocycles. The Morgan fingerprint density at radius 1 is 1.69 bits per heavy atom. The fraction of sp³-hybridized carbons (Fsp3) is 0.750. The largest absolute Gasteiger partial charge is 0.360 e. The Morgan fingerprint density at radius 2 is 2.46 bits per heavy atom. The summed E-state index contributed by atoms with van der Waals surface area (Å²) in [6, 6.07) is 0. The van der Waals surface area contributed by atoms with Crippen molar-refractivity contribution in [2.45, 2.75) is 26.2 Å². The number of nitrogens with zero attached hydrogens (tertiary/aromatic N) is 1. The van der Waals surface area contributed by atoms with Gasteiger partial charge in [-0.2, -0.15) is 0 Å². The molecule has 72 valence electrons. The maximum atomic E-state index is 4.94. The monoisotopic (exact) mass is 215 g/mol. The zero-order valence-corrected chi connectivity index (χ0v) is 9.23. The van der Waals surface area contributed by atoms with Crippen molar-refractivity contribution in [1.29, 1.82) is 0 Å². The minimum absolute atomic E-state index is 0.493. The first kappa shape index (κ1) is 9.15. The van der Waals surface area contributed by atoms with Gasteiger partial charge >= 0.3 is 0 Å². The summed E-state index contributed by atoms with van der Waals surface area (Å²) in [6.07, 6.45) is 4.03. The van der Waals surface area contributed by atoms with Gasteiger partial charge in [0, 0.05) is 6.54 Å². The third kappa shape index (κ3) is 2.08. The van der Waals surface area contributed by atoms with E-state index >= 15 is 0 Å². The third-order valence-electron chi connectivity index (χ3n) is 2.67. The van der Waals surface area contributed by atoms with Crippen LogP contribution in [0.3, 0.4) is 0 Å². The molecule has 0 aromatic carbocycles. The van der Waals surface area contributed by atoms with E-state index in [1.807, 2.05) is 0 Å². The Labute approximate surface area is 86.6 Å². The van der Waals surface area contributed by atoms with E-state index in [4.69, 9.17) is 12.2 Å². The molecule has 13 heavy (non-hydrogen) atoms. The molecular formula is C8H13N3S2. The average molecular weight is 215 g/mol. The molecule has 1 aliphatic carbocycles. The second kappa shape index (κ2) is 3.38. The summed E-state index contributed by atoms with van der Waals surface area (Å²) in [5, 5.41) is 11.0. The average Bonchev–Trinajstić information content (AvgIpc) is 2.44. The highest BCUT2D eigenvalue weighted by Gasteiger charge is 2.31. The molecular weight excluding hydrogens is 202 g/mol. The molecule has 2 rings (SSSR count). The first-order valence-corrected chi connectivity index (χ1v) is 5.70. The van der Waals surface area contributed by atoms with E-state index in [9.17, 15) is 0 Å². The summed E-state index contributed by atoms with van der Waals surface area (Å²) in [7, 11) is 0. The Hall–Kier alpha value is -0.420. The van der Waals surface area contributed by atoms with Crippen LogP contribution in [-0.4, -0.2) is 16.7 Å². The summed E-state index contributed by atoms with van der Waals surface area (Å²) in [5.74, 6) is 0. The molecule has 0 atom stereocenters. The molecule has 5 heteroatoms. The second-order valence-corrected chi connectivity index (χ2v) is 5.60. The van der Waals surface area contributed by atoms with Gasteiger partial charge in [-0.1, -0.05) is 24.7 Å². The predicted octanol–water partition coefficient (Wildman–Crippen LogP) is 2.80. The summed E-state index contributed by atoms with van der Waals surface area (Å²) in [6.45, 7) is 3.33. The number of rotatable bonds is 3. The zero-order chi connectivity index (χ0) is 9.31. The molecule has 1 saturated carbocycles. The van der Waals surface area contributed by atoms with Crippen LogP contribution in [-0.2, 0) is 0 Å². The van der Waals surface area contributed by atoms with Gasteiger partial charge in [0.05, 0.1) is 0 Å². The van der Waals surface area contributed by atoms with Crippen LogP contribution < -0.4 is 5.32 Å². The first-order valence-electron chi connectivity index (χ1n) is 4.47. The lowest BCUT2D eigenvalue weighted by atomic mass is 9.70. The molecule has 1 aromatic heterocycles. The highest BCUT2D eigenvalue weighted by Crippen LogP contribution is 2.40. The highest BCUT2D eigenvalue weighted by atomic mass is 32.1. The SMILES string of the molecule is CC1(CNc2n[nH]c(=S)s2)CCC1. The molecule has 0 aliphatic heterocycles. The van der Waals surface area contributed by atoms with Crippen molar-refractivity contribution in [1.82, 2.24) is 10.2 Å². The number of hydrogen-bond donors (Lipinski definition) is 2. The summed E-state index contributed by atoms with van der Waals surface area (Å²) in [4.78, 5) is 0. The van der Waals surface area contributed by atoms with Crippen LogP contribution in [0.15, 0.2) is 0 Å². The molecule has 0 bridgehead atoms. The van der Waals surface area contributed by atoms with Gasteiger partial charge in [0.2, 0.25) is 5.13 Å². The number of aromatic amines is 1. The van der Waals surface area contributed by atoms with Crippen molar-refractivity contribution in [3.8, 4) is 0 Å². The lowest BCUT2D eigenvalue weighted by Crippen LogP contribution is -2.33.